The Balaban J connectivity index is 2.05. The molecular weight excluding hydrogens is 350 g/mol. The molecule has 2 aromatic carbocycles. The summed E-state index contributed by atoms with van der Waals surface area (Å²) in [6, 6.07) is 13.9. The molecule has 0 aliphatic rings. The van der Waals surface area contributed by atoms with Gasteiger partial charge in [0, 0.05) is 27.2 Å². The summed E-state index contributed by atoms with van der Waals surface area (Å²) in [4.78, 5) is 1.20. The van der Waals surface area contributed by atoms with Gasteiger partial charge in [-0.1, -0.05) is 15.9 Å². The second kappa shape index (κ2) is 7.73. The van der Waals surface area contributed by atoms with E-state index in [2.05, 4.69) is 28.1 Å². The molecule has 2 aromatic rings. The van der Waals surface area contributed by atoms with E-state index >= 15 is 0 Å². The fourth-order valence-electron chi connectivity index (χ4n) is 1.86. The highest BCUT2D eigenvalue weighted by Crippen LogP contribution is 2.29. The molecule has 0 heterocycles. The predicted molar refractivity (Wildman–Crippen MR) is 91.3 cm³/mol. The maximum atomic E-state index is 6.28. The lowest BCUT2D eigenvalue weighted by Crippen LogP contribution is -2.13. The Hall–Kier alpha value is -1.17. The van der Waals surface area contributed by atoms with E-state index in [0.717, 1.165) is 27.3 Å². The third-order valence-electron chi connectivity index (χ3n) is 3.05. The maximum absolute atomic E-state index is 6.28. The number of thioether (sulfide) groups is 1. The Morgan fingerprint density at radius 2 is 1.62 bits per heavy atom. The molecule has 3 nitrogen and oxygen atoms in total. The van der Waals surface area contributed by atoms with Gasteiger partial charge in [0.15, 0.2) is 0 Å². The van der Waals surface area contributed by atoms with Gasteiger partial charge in [0.2, 0.25) is 0 Å². The fourth-order valence-corrected chi connectivity index (χ4v) is 3.01. The van der Waals surface area contributed by atoms with Gasteiger partial charge in [-0.2, -0.15) is 0 Å². The van der Waals surface area contributed by atoms with Crippen LogP contribution in [-0.4, -0.2) is 20.0 Å². The van der Waals surface area contributed by atoms with Crippen molar-refractivity contribution in [2.75, 3.05) is 20.0 Å². The first-order chi connectivity index (χ1) is 10.1. The molecule has 0 saturated heterocycles. The zero-order valence-electron chi connectivity index (χ0n) is 12.0. The minimum atomic E-state index is -0.0809. The summed E-state index contributed by atoms with van der Waals surface area (Å²) in [5.74, 6) is 2.31. The Morgan fingerprint density at radius 3 is 2.14 bits per heavy atom. The molecule has 0 aromatic heterocycles. The summed E-state index contributed by atoms with van der Waals surface area (Å²) in [7, 11) is 3.28. The number of nitrogens with two attached hydrogens (primary N) is 1. The van der Waals surface area contributed by atoms with Crippen LogP contribution in [0.5, 0.6) is 11.5 Å². The largest absolute Gasteiger partial charge is 0.497 e. The fraction of sp³-hybridized carbons (Fsp3) is 0.250. The van der Waals surface area contributed by atoms with Crippen molar-refractivity contribution in [3.63, 3.8) is 0 Å². The molecule has 0 aliphatic carbocycles. The molecule has 0 bridgehead atoms. The van der Waals surface area contributed by atoms with Crippen molar-refractivity contribution in [2.45, 2.75) is 10.9 Å². The van der Waals surface area contributed by atoms with Crippen LogP contribution >= 0.6 is 27.7 Å². The molecule has 5 heteroatoms. The van der Waals surface area contributed by atoms with Gasteiger partial charge in [-0.05, 0) is 42.0 Å². The zero-order chi connectivity index (χ0) is 15.2. The minimum Gasteiger partial charge on any atom is -0.497 e. The summed E-state index contributed by atoms with van der Waals surface area (Å²) in [5.41, 5.74) is 7.29. The molecule has 2 rings (SSSR count). The minimum absolute atomic E-state index is 0.0809. The number of hydrogen-bond acceptors (Lipinski definition) is 4. The van der Waals surface area contributed by atoms with Crippen molar-refractivity contribution in [3.05, 3.63) is 52.5 Å². The third kappa shape index (κ3) is 4.66. The van der Waals surface area contributed by atoms with Crippen LogP contribution < -0.4 is 15.2 Å². The van der Waals surface area contributed by atoms with Gasteiger partial charge in [0.05, 0.1) is 14.2 Å². The second-order valence-corrected chi connectivity index (χ2v) is 6.53. The molecule has 112 valence electrons. The Labute approximate surface area is 138 Å². The van der Waals surface area contributed by atoms with Gasteiger partial charge in [-0.25, -0.2) is 0 Å². The number of rotatable bonds is 6. The molecule has 0 aliphatic heterocycles. The molecule has 0 saturated carbocycles. The summed E-state index contributed by atoms with van der Waals surface area (Å²) in [6.07, 6.45) is 0. The first-order valence-electron chi connectivity index (χ1n) is 6.49. The molecule has 0 amide bonds. The average molecular weight is 368 g/mol. The molecule has 1 atom stereocenters. The van der Waals surface area contributed by atoms with Crippen LogP contribution in [-0.2, 0) is 0 Å². The van der Waals surface area contributed by atoms with Crippen molar-refractivity contribution >= 4 is 27.7 Å². The van der Waals surface area contributed by atoms with Gasteiger partial charge in [0.1, 0.15) is 11.5 Å². The number of ether oxygens (including phenoxy) is 2. The van der Waals surface area contributed by atoms with E-state index in [1.165, 1.54) is 4.90 Å². The predicted octanol–water partition coefficient (Wildman–Crippen LogP) is 4.26. The Bertz CT molecular complexity index is 567. The molecule has 21 heavy (non-hydrogen) atoms. The number of benzene rings is 2. The summed E-state index contributed by atoms with van der Waals surface area (Å²) in [6.45, 7) is 0. The van der Waals surface area contributed by atoms with Crippen LogP contribution in [0.15, 0.2) is 51.8 Å². The van der Waals surface area contributed by atoms with Gasteiger partial charge >= 0.3 is 0 Å². The molecule has 0 spiro atoms. The second-order valence-electron chi connectivity index (χ2n) is 4.52. The molecule has 0 fully saturated rings. The van der Waals surface area contributed by atoms with E-state index in [1.807, 2.05) is 30.3 Å². The van der Waals surface area contributed by atoms with E-state index in [1.54, 1.807) is 26.0 Å². The molecule has 2 N–H and O–H groups in total. The van der Waals surface area contributed by atoms with E-state index in [4.69, 9.17) is 15.2 Å². The summed E-state index contributed by atoms with van der Waals surface area (Å²) in [5, 5.41) is 0. The van der Waals surface area contributed by atoms with Crippen LogP contribution in [0.4, 0.5) is 0 Å². The van der Waals surface area contributed by atoms with Crippen molar-refractivity contribution in [2.24, 2.45) is 5.73 Å². The van der Waals surface area contributed by atoms with E-state index in [0.29, 0.717) is 0 Å². The quantitative estimate of drug-likeness (QED) is 0.774. The highest BCUT2D eigenvalue weighted by Gasteiger charge is 2.10. The van der Waals surface area contributed by atoms with E-state index in [-0.39, 0.29) is 6.04 Å². The lowest BCUT2D eigenvalue weighted by atomic mass is 10.1. The Kier molecular flexibility index (Phi) is 5.96. The van der Waals surface area contributed by atoms with E-state index in [9.17, 15) is 0 Å². The van der Waals surface area contributed by atoms with Gasteiger partial charge in [-0.15, -0.1) is 11.8 Å². The normalized spacial score (nSPS) is 12.0. The zero-order valence-corrected chi connectivity index (χ0v) is 14.4. The molecule has 0 radical (unpaired) electrons. The highest BCUT2D eigenvalue weighted by atomic mass is 79.9. The summed E-state index contributed by atoms with van der Waals surface area (Å²) < 4.78 is 11.6. The lowest BCUT2D eigenvalue weighted by Gasteiger charge is -2.14. The first kappa shape index (κ1) is 16.2. The number of hydrogen-bond donors (Lipinski definition) is 1. The van der Waals surface area contributed by atoms with Gasteiger partial charge < -0.3 is 15.2 Å². The number of methoxy groups -OCH3 is 2. The molecule has 1 unspecified atom stereocenters. The topological polar surface area (TPSA) is 44.5 Å². The summed E-state index contributed by atoms with van der Waals surface area (Å²) >= 11 is 5.16. The van der Waals surface area contributed by atoms with Crippen LogP contribution in [0.3, 0.4) is 0 Å². The van der Waals surface area contributed by atoms with Crippen LogP contribution in [0.1, 0.15) is 11.6 Å². The SMILES string of the molecule is COc1cc(OC)cc(C(N)CSc2ccc(Br)cc2)c1. The van der Waals surface area contributed by atoms with Crippen molar-refractivity contribution < 1.29 is 9.47 Å². The van der Waals surface area contributed by atoms with Crippen molar-refractivity contribution in [1.29, 1.82) is 0 Å². The number of halogens is 1. The third-order valence-corrected chi connectivity index (χ3v) is 4.71. The monoisotopic (exact) mass is 367 g/mol. The lowest BCUT2D eigenvalue weighted by molar-refractivity contribution is 0.393. The van der Waals surface area contributed by atoms with Crippen LogP contribution in [0, 0.1) is 0 Å². The van der Waals surface area contributed by atoms with Crippen molar-refractivity contribution in [3.8, 4) is 11.5 Å². The van der Waals surface area contributed by atoms with Crippen LogP contribution in [0.2, 0.25) is 0 Å². The highest BCUT2D eigenvalue weighted by molar-refractivity contribution is 9.10. The van der Waals surface area contributed by atoms with Crippen LogP contribution in [0.25, 0.3) is 0 Å². The first-order valence-corrected chi connectivity index (χ1v) is 8.27. The van der Waals surface area contributed by atoms with E-state index < -0.39 is 0 Å². The average Bonchev–Trinajstić information content (AvgIpc) is 2.53. The van der Waals surface area contributed by atoms with Crippen molar-refractivity contribution in [1.82, 2.24) is 0 Å². The Morgan fingerprint density at radius 1 is 1.05 bits per heavy atom. The van der Waals surface area contributed by atoms with Gasteiger partial charge in [-0.3, -0.25) is 0 Å². The smallest absolute Gasteiger partial charge is 0.122 e. The molecular formula is C16H18BrNO2S. The standard InChI is InChI=1S/C16H18BrNO2S/c1-19-13-7-11(8-14(9-13)20-2)16(18)10-21-15-5-3-12(17)4-6-15/h3-9,16H,10,18H2,1-2H3. The maximum Gasteiger partial charge on any atom is 0.122 e. The van der Waals surface area contributed by atoms with Gasteiger partial charge in [0.25, 0.3) is 0 Å².